The van der Waals surface area contributed by atoms with Crippen LogP contribution in [0.1, 0.15) is 49.5 Å². The molecule has 0 aliphatic rings. The number of carboxylic acid groups (broad SMARTS) is 1. The number of nitrogens with zero attached hydrogens (tertiary/aromatic N) is 3. The van der Waals surface area contributed by atoms with Crippen molar-refractivity contribution in [1.29, 1.82) is 0 Å². The van der Waals surface area contributed by atoms with Gasteiger partial charge >= 0.3 is 5.97 Å². The Hall–Kier alpha value is -1.69. The van der Waals surface area contributed by atoms with Crippen molar-refractivity contribution in [3.05, 3.63) is 23.0 Å². The van der Waals surface area contributed by atoms with Gasteiger partial charge in [0.15, 0.2) is 0 Å². The number of carbonyl (C=O) groups is 1. The van der Waals surface area contributed by atoms with Gasteiger partial charge in [0.25, 0.3) is 0 Å². The molecule has 0 amide bonds. The van der Waals surface area contributed by atoms with Crippen molar-refractivity contribution < 1.29 is 9.90 Å². The van der Waals surface area contributed by atoms with E-state index in [1.54, 1.807) is 6.20 Å². The van der Waals surface area contributed by atoms with Crippen molar-refractivity contribution >= 4 is 17.3 Å². The van der Waals surface area contributed by atoms with E-state index < -0.39 is 5.97 Å². The van der Waals surface area contributed by atoms with Crippen LogP contribution < -0.4 is 0 Å². The van der Waals surface area contributed by atoms with Crippen molar-refractivity contribution in [2.24, 2.45) is 0 Å². The summed E-state index contributed by atoms with van der Waals surface area (Å²) < 4.78 is 1.86. The molecule has 0 aliphatic heterocycles. The maximum Gasteiger partial charge on any atom is 0.347 e. The lowest BCUT2D eigenvalue weighted by atomic mass is 9.91. The number of thiazole rings is 1. The second-order valence-corrected chi connectivity index (χ2v) is 6.74. The minimum Gasteiger partial charge on any atom is -0.477 e. The fourth-order valence-corrected chi connectivity index (χ4v) is 3.01. The molecule has 0 spiro atoms. The van der Waals surface area contributed by atoms with E-state index in [-0.39, 0.29) is 5.41 Å². The van der Waals surface area contributed by atoms with Crippen molar-refractivity contribution in [2.45, 2.75) is 46.1 Å². The lowest BCUT2D eigenvalue weighted by Gasteiger charge is -2.15. The molecule has 0 saturated heterocycles. The van der Waals surface area contributed by atoms with Crippen LogP contribution >= 0.6 is 11.3 Å². The molecule has 5 nitrogen and oxygen atoms in total. The number of hydrogen-bond donors (Lipinski definition) is 1. The molecule has 1 N–H and O–H groups in total. The molecule has 0 atom stereocenters. The van der Waals surface area contributed by atoms with Gasteiger partial charge in [-0.25, -0.2) is 9.78 Å². The summed E-state index contributed by atoms with van der Waals surface area (Å²) in [7, 11) is 0. The van der Waals surface area contributed by atoms with Crippen molar-refractivity contribution in [2.75, 3.05) is 0 Å². The van der Waals surface area contributed by atoms with Crippen molar-refractivity contribution in [3.8, 4) is 10.6 Å². The van der Waals surface area contributed by atoms with Gasteiger partial charge < -0.3 is 5.11 Å². The van der Waals surface area contributed by atoms with Gasteiger partial charge in [0.2, 0.25) is 0 Å². The van der Waals surface area contributed by atoms with Crippen molar-refractivity contribution in [3.63, 3.8) is 0 Å². The minimum absolute atomic E-state index is 0.290. The quantitative estimate of drug-likeness (QED) is 0.938. The van der Waals surface area contributed by atoms with E-state index in [0.717, 1.165) is 23.5 Å². The van der Waals surface area contributed by atoms with Gasteiger partial charge in [-0.2, -0.15) is 5.10 Å². The first-order valence-corrected chi connectivity index (χ1v) is 7.42. The molecule has 0 aliphatic carbocycles. The van der Waals surface area contributed by atoms with Crippen LogP contribution in [0, 0.1) is 0 Å². The van der Waals surface area contributed by atoms with Crippen LogP contribution in [-0.2, 0) is 12.0 Å². The highest BCUT2D eigenvalue weighted by Gasteiger charge is 2.27. The van der Waals surface area contributed by atoms with Crippen LogP contribution in [0.2, 0.25) is 0 Å². The van der Waals surface area contributed by atoms with Crippen LogP contribution in [0.4, 0.5) is 0 Å². The van der Waals surface area contributed by atoms with Gasteiger partial charge in [0.1, 0.15) is 9.88 Å². The highest BCUT2D eigenvalue weighted by atomic mass is 32.1. The predicted octanol–water partition coefficient (Wildman–Crippen LogP) is 3.41. The average molecular weight is 293 g/mol. The van der Waals surface area contributed by atoms with Crippen LogP contribution in [-0.4, -0.2) is 25.8 Å². The van der Waals surface area contributed by atoms with E-state index in [0.29, 0.717) is 10.6 Å². The number of rotatable bonds is 4. The Kier molecular flexibility index (Phi) is 3.94. The summed E-state index contributed by atoms with van der Waals surface area (Å²) in [4.78, 5) is 16.2. The van der Waals surface area contributed by atoms with E-state index >= 15 is 0 Å². The number of hydrogen-bond acceptors (Lipinski definition) is 4. The SMILES string of the molecule is CCCn1cc(-c2nc(C(C)(C)C)c(C(=O)O)s2)cn1. The fourth-order valence-electron chi connectivity index (χ4n) is 1.92. The van der Waals surface area contributed by atoms with Crippen LogP contribution in [0.5, 0.6) is 0 Å². The molecule has 0 bridgehead atoms. The van der Waals surface area contributed by atoms with Crippen LogP contribution in [0.25, 0.3) is 10.6 Å². The zero-order valence-corrected chi connectivity index (χ0v) is 13.0. The zero-order valence-electron chi connectivity index (χ0n) is 12.2. The third-order valence-electron chi connectivity index (χ3n) is 2.86. The zero-order chi connectivity index (χ0) is 14.9. The topological polar surface area (TPSA) is 68.0 Å². The average Bonchev–Trinajstić information content (AvgIpc) is 2.93. The summed E-state index contributed by atoms with van der Waals surface area (Å²) in [6.07, 6.45) is 4.67. The van der Waals surface area contributed by atoms with Gasteiger partial charge in [-0.3, -0.25) is 4.68 Å². The smallest absolute Gasteiger partial charge is 0.347 e. The Morgan fingerprint density at radius 2 is 2.15 bits per heavy atom. The van der Waals surface area contributed by atoms with Crippen molar-refractivity contribution in [1.82, 2.24) is 14.8 Å². The lowest BCUT2D eigenvalue weighted by Crippen LogP contribution is -2.16. The van der Waals surface area contributed by atoms with Gasteiger partial charge in [0, 0.05) is 23.7 Å². The number of aromatic carboxylic acids is 1. The Bertz CT molecular complexity index is 623. The van der Waals surface area contributed by atoms with E-state index in [2.05, 4.69) is 17.0 Å². The molecule has 108 valence electrons. The summed E-state index contributed by atoms with van der Waals surface area (Å²) >= 11 is 1.22. The first-order chi connectivity index (χ1) is 9.32. The molecule has 2 rings (SSSR count). The standard InChI is InChI=1S/C14H19N3O2S/c1-5-6-17-8-9(7-15-17)12-16-11(14(2,3)4)10(20-12)13(18)19/h7-8H,5-6H2,1-4H3,(H,18,19). The molecular weight excluding hydrogens is 274 g/mol. The number of carboxylic acids is 1. The van der Waals surface area contributed by atoms with Gasteiger partial charge in [-0.1, -0.05) is 27.7 Å². The molecule has 2 aromatic heterocycles. The summed E-state index contributed by atoms with van der Waals surface area (Å²) in [5, 5.41) is 14.3. The largest absolute Gasteiger partial charge is 0.477 e. The van der Waals surface area contributed by atoms with Crippen LogP contribution in [0.15, 0.2) is 12.4 Å². The second kappa shape index (κ2) is 5.36. The highest BCUT2D eigenvalue weighted by molar-refractivity contribution is 7.17. The van der Waals surface area contributed by atoms with Gasteiger partial charge in [0.05, 0.1) is 11.9 Å². The Balaban J connectivity index is 2.44. The Labute approximate surface area is 122 Å². The third kappa shape index (κ3) is 2.90. The van der Waals surface area contributed by atoms with Gasteiger partial charge in [-0.15, -0.1) is 11.3 Å². The maximum atomic E-state index is 11.4. The molecule has 0 saturated carbocycles. The summed E-state index contributed by atoms with van der Waals surface area (Å²) in [6.45, 7) is 8.85. The Morgan fingerprint density at radius 1 is 1.45 bits per heavy atom. The normalized spacial score (nSPS) is 11.8. The lowest BCUT2D eigenvalue weighted by molar-refractivity contribution is 0.0699. The predicted molar refractivity (Wildman–Crippen MR) is 79.3 cm³/mol. The Morgan fingerprint density at radius 3 is 2.65 bits per heavy atom. The van der Waals surface area contributed by atoms with E-state index in [4.69, 9.17) is 0 Å². The summed E-state index contributed by atoms with van der Waals surface area (Å²) in [5.41, 5.74) is 1.22. The molecule has 2 heterocycles. The van der Waals surface area contributed by atoms with Crippen LogP contribution in [0.3, 0.4) is 0 Å². The molecule has 0 aromatic carbocycles. The summed E-state index contributed by atoms with van der Waals surface area (Å²) in [6, 6.07) is 0. The fraction of sp³-hybridized carbons (Fsp3) is 0.500. The second-order valence-electron chi connectivity index (χ2n) is 5.74. The number of aryl methyl sites for hydroxylation is 1. The minimum atomic E-state index is -0.917. The maximum absolute atomic E-state index is 11.4. The number of aromatic nitrogens is 3. The molecule has 2 aromatic rings. The van der Waals surface area contributed by atoms with E-state index in [1.807, 2.05) is 31.6 Å². The molecule has 0 radical (unpaired) electrons. The van der Waals surface area contributed by atoms with E-state index in [9.17, 15) is 9.90 Å². The monoisotopic (exact) mass is 293 g/mol. The van der Waals surface area contributed by atoms with E-state index in [1.165, 1.54) is 11.3 Å². The highest BCUT2D eigenvalue weighted by Crippen LogP contribution is 2.34. The molecule has 6 heteroatoms. The molecular formula is C14H19N3O2S. The van der Waals surface area contributed by atoms with Gasteiger partial charge in [-0.05, 0) is 6.42 Å². The molecule has 0 fully saturated rings. The third-order valence-corrected chi connectivity index (χ3v) is 3.96. The molecule has 20 heavy (non-hydrogen) atoms. The first-order valence-electron chi connectivity index (χ1n) is 6.60. The first kappa shape index (κ1) is 14.7. The summed E-state index contributed by atoms with van der Waals surface area (Å²) in [5.74, 6) is -0.917. The molecule has 0 unspecified atom stereocenters.